The first kappa shape index (κ1) is 12.0. The number of hydrogen-bond acceptors (Lipinski definition) is 2. The van der Waals surface area contributed by atoms with Crippen LogP contribution < -0.4 is 11.1 Å². The molecule has 1 heterocycles. The molecule has 0 aromatic carbocycles. The van der Waals surface area contributed by atoms with Crippen LogP contribution in [0.4, 0.5) is 5.69 Å². The first-order chi connectivity index (χ1) is 8.20. The largest absolute Gasteiger partial charge is 0.397 e. The highest BCUT2D eigenvalue weighted by Crippen LogP contribution is 2.33. The molecule has 0 radical (unpaired) electrons. The molecule has 0 atom stereocenters. The fourth-order valence-electron chi connectivity index (χ4n) is 2.07. The Morgan fingerprint density at radius 3 is 3.00 bits per heavy atom. The molecule has 1 fully saturated rings. The molecule has 0 aliphatic heterocycles. The first-order valence-electron chi connectivity index (χ1n) is 6.44. The smallest absolute Gasteiger partial charge is 0.267 e. The second-order valence-electron chi connectivity index (χ2n) is 4.79. The number of rotatable bonds is 6. The summed E-state index contributed by atoms with van der Waals surface area (Å²) in [6.45, 7) is 3.54. The van der Waals surface area contributed by atoms with Crippen LogP contribution in [0.1, 0.15) is 43.1 Å². The number of carbonyl (C=O) groups is 1. The van der Waals surface area contributed by atoms with Gasteiger partial charge in [-0.3, -0.25) is 4.79 Å². The van der Waals surface area contributed by atoms with E-state index in [9.17, 15) is 4.79 Å². The van der Waals surface area contributed by atoms with Crippen LogP contribution in [0.5, 0.6) is 0 Å². The minimum Gasteiger partial charge on any atom is -0.397 e. The molecular formula is C13H21N3O. The third-order valence-corrected chi connectivity index (χ3v) is 3.26. The van der Waals surface area contributed by atoms with Crippen LogP contribution in [-0.4, -0.2) is 17.0 Å². The Morgan fingerprint density at radius 2 is 2.35 bits per heavy atom. The van der Waals surface area contributed by atoms with E-state index in [1.165, 1.54) is 19.3 Å². The number of amides is 1. The average molecular weight is 235 g/mol. The number of nitrogens with one attached hydrogen (secondary N) is 1. The molecule has 1 aliphatic carbocycles. The highest BCUT2D eigenvalue weighted by molar-refractivity contribution is 5.93. The van der Waals surface area contributed by atoms with E-state index in [1.54, 1.807) is 12.3 Å². The number of nitrogens with two attached hydrogens (primary N) is 1. The quantitative estimate of drug-likeness (QED) is 0.741. The summed E-state index contributed by atoms with van der Waals surface area (Å²) in [6, 6.07) is 1.74. The highest BCUT2D eigenvalue weighted by Gasteiger charge is 2.20. The summed E-state index contributed by atoms with van der Waals surface area (Å²) in [5.41, 5.74) is 7.01. The summed E-state index contributed by atoms with van der Waals surface area (Å²) >= 11 is 0. The standard InChI is InChI=1S/C13H21N3O/c1-2-16-9-11(14)8-12(16)13(17)15-7-3-4-10-5-6-10/h8-10H,2-7,14H2,1H3,(H,15,17). The molecule has 17 heavy (non-hydrogen) atoms. The molecular weight excluding hydrogens is 214 g/mol. The van der Waals surface area contributed by atoms with E-state index in [1.807, 2.05) is 11.5 Å². The van der Waals surface area contributed by atoms with Gasteiger partial charge in [-0.05, 0) is 31.7 Å². The molecule has 94 valence electrons. The van der Waals surface area contributed by atoms with Gasteiger partial charge in [0.05, 0.1) is 5.69 Å². The van der Waals surface area contributed by atoms with Crippen molar-refractivity contribution >= 4 is 11.6 Å². The molecule has 0 spiro atoms. The highest BCUT2D eigenvalue weighted by atomic mass is 16.1. The zero-order valence-corrected chi connectivity index (χ0v) is 10.4. The third-order valence-electron chi connectivity index (χ3n) is 3.26. The van der Waals surface area contributed by atoms with E-state index in [0.717, 1.165) is 25.4 Å². The number of carbonyl (C=O) groups excluding carboxylic acids is 1. The van der Waals surface area contributed by atoms with Crippen molar-refractivity contribution in [1.82, 2.24) is 9.88 Å². The Bertz CT molecular complexity index is 393. The maximum Gasteiger partial charge on any atom is 0.267 e. The Labute approximate surface area is 102 Å². The van der Waals surface area contributed by atoms with Crippen molar-refractivity contribution in [3.05, 3.63) is 18.0 Å². The lowest BCUT2D eigenvalue weighted by Gasteiger charge is -2.07. The summed E-state index contributed by atoms with van der Waals surface area (Å²) in [5, 5.41) is 2.95. The average Bonchev–Trinajstić information content (AvgIpc) is 3.06. The van der Waals surface area contributed by atoms with Gasteiger partial charge >= 0.3 is 0 Å². The number of aryl methyl sites for hydroxylation is 1. The first-order valence-corrected chi connectivity index (χ1v) is 6.44. The summed E-state index contributed by atoms with van der Waals surface area (Å²) in [5.74, 6) is 0.918. The molecule has 0 saturated heterocycles. The molecule has 1 aromatic heterocycles. The van der Waals surface area contributed by atoms with Gasteiger partial charge in [-0.15, -0.1) is 0 Å². The summed E-state index contributed by atoms with van der Waals surface area (Å²) < 4.78 is 1.88. The van der Waals surface area contributed by atoms with E-state index in [0.29, 0.717) is 11.4 Å². The number of anilines is 1. The monoisotopic (exact) mass is 235 g/mol. The van der Waals surface area contributed by atoms with Gasteiger partial charge in [-0.25, -0.2) is 0 Å². The zero-order valence-electron chi connectivity index (χ0n) is 10.4. The maximum atomic E-state index is 11.9. The van der Waals surface area contributed by atoms with Crippen molar-refractivity contribution in [2.45, 2.75) is 39.2 Å². The minimum absolute atomic E-state index is 0.0145. The van der Waals surface area contributed by atoms with Crippen LogP contribution in [0.3, 0.4) is 0 Å². The van der Waals surface area contributed by atoms with Crippen LogP contribution >= 0.6 is 0 Å². The summed E-state index contributed by atoms with van der Waals surface area (Å²) in [4.78, 5) is 11.9. The summed E-state index contributed by atoms with van der Waals surface area (Å²) in [6.07, 6.45) is 6.89. The molecule has 1 aliphatic rings. The molecule has 0 bridgehead atoms. The Balaban J connectivity index is 1.80. The molecule has 1 amide bonds. The predicted octanol–water partition coefficient (Wildman–Crippen LogP) is 2.01. The van der Waals surface area contributed by atoms with E-state index in [-0.39, 0.29) is 5.91 Å². The molecule has 4 heteroatoms. The van der Waals surface area contributed by atoms with Crippen LogP contribution in [0.25, 0.3) is 0 Å². The van der Waals surface area contributed by atoms with Gasteiger partial charge in [0.15, 0.2) is 0 Å². The van der Waals surface area contributed by atoms with Crippen molar-refractivity contribution in [3.63, 3.8) is 0 Å². The Hall–Kier alpha value is -1.45. The zero-order chi connectivity index (χ0) is 12.3. The number of aromatic nitrogens is 1. The van der Waals surface area contributed by atoms with Crippen LogP contribution in [0.15, 0.2) is 12.3 Å². The van der Waals surface area contributed by atoms with Crippen molar-refractivity contribution in [1.29, 1.82) is 0 Å². The fraction of sp³-hybridized carbons (Fsp3) is 0.615. The fourth-order valence-corrected chi connectivity index (χ4v) is 2.07. The predicted molar refractivity (Wildman–Crippen MR) is 68.8 cm³/mol. The second kappa shape index (κ2) is 5.25. The Morgan fingerprint density at radius 1 is 1.59 bits per heavy atom. The minimum atomic E-state index is -0.0145. The molecule has 3 N–H and O–H groups in total. The molecule has 0 unspecified atom stereocenters. The van der Waals surface area contributed by atoms with Gasteiger partial charge in [0.1, 0.15) is 5.69 Å². The van der Waals surface area contributed by atoms with Crippen molar-refractivity contribution in [3.8, 4) is 0 Å². The van der Waals surface area contributed by atoms with Gasteiger partial charge in [-0.2, -0.15) is 0 Å². The van der Waals surface area contributed by atoms with Gasteiger partial charge in [-0.1, -0.05) is 12.8 Å². The molecule has 4 nitrogen and oxygen atoms in total. The third kappa shape index (κ3) is 3.25. The van der Waals surface area contributed by atoms with Crippen LogP contribution in [0.2, 0.25) is 0 Å². The van der Waals surface area contributed by atoms with Gasteiger partial charge in [0.2, 0.25) is 0 Å². The normalized spacial score (nSPS) is 14.9. The molecule has 2 rings (SSSR count). The van der Waals surface area contributed by atoms with E-state index in [2.05, 4.69) is 5.32 Å². The van der Waals surface area contributed by atoms with Gasteiger partial charge in [0.25, 0.3) is 5.91 Å². The van der Waals surface area contributed by atoms with E-state index in [4.69, 9.17) is 5.73 Å². The lowest BCUT2D eigenvalue weighted by molar-refractivity contribution is 0.0943. The van der Waals surface area contributed by atoms with Crippen LogP contribution in [-0.2, 0) is 6.54 Å². The molecule has 1 aromatic rings. The number of hydrogen-bond donors (Lipinski definition) is 2. The van der Waals surface area contributed by atoms with E-state index >= 15 is 0 Å². The van der Waals surface area contributed by atoms with Crippen molar-refractivity contribution < 1.29 is 4.79 Å². The van der Waals surface area contributed by atoms with E-state index < -0.39 is 0 Å². The maximum absolute atomic E-state index is 11.9. The van der Waals surface area contributed by atoms with Crippen molar-refractivity contribution in [2.75, 3.05) is 12.3 Å². The number of nitrogens with zero attached hydrogens (tertiary/aromatic N) is 1. The second-order valence-corrected chi connectivity index (χ2v) is 4.79. The lowest BCUT2D eigenvalue weighted by atomic mass is 10.2. The number of nitrogen functional groups attached to an aromatic ring is 1. The Kier molecular flexibility index (Phi) is 3.71. The SMILES string of the molecule is CCn1cc(N)cc1C(=O)NCCCC1CC1. The lowest BCUT2D eigenvalue weighted by Crippen LogP contribution is -2.26. The van der Waals surface area contributed by atoms with Gasteiger partial charge < -0.3 is 15.6 Å². The van der Waals surface area contributed by atoms with Crippen molar-refractivity contribution in [2.24, 2.45) is 5.92 Å². The topological polar surface area (TPSA) is 60.0 Å². The van der Waals surface area contributed by atoms with Gasteiger partial charge in [0, 0.05) is 19.3 Å². The van der Waals surface area contributed by atoms with Crippen LogP contribution in [0, 0.1) is 5.92 Å². The summed E-state index contributed by atoms with van der Waals surface area (Å²) in [7, 11) is 0. The molecule has 1 saturated carbocycles.